The lowest BCUT2D eigenvalue weighted by Crippen LogP contribution is -2.28. The maximum atomic E-state index is 9.73. The van der Waals surface area contributed by atoms with E-state index in [1.54, 1.807) is 18.3 Å². The number of aliphatic hydroxyl groups is 1. The molecule has 1 aliphatic rings. The second-order valence-corrected chi connectivity index (χ2v) is 5.42. The molecule has 6 heteroatoms. The number of nitrogens with one attached hydrogen (secondary N) is 1. The second-order valence-electron chi connectivity index (χ2n) is 5.42. The molecule has 2 aromatic rings. The third kappa shape index (κ3) is 3.00. The molecule has 0 atom stereocenters. The summed E-state index contributed by atoms with van der Waals surface area (Å²) in [7, 11) is 1.50. The number of hydrogen-bond donors (Lipinski definition) is 3. The van der Waals surface area contributed by atoms with E-state index in [2.05, 4.69) is 15.3 Å². The maximum Gasteiger partial charge on any atom is 0.162 e. The van der Waals surface area contributed by atoms with Crippen molar-refractivity contribution in [1.82, 2.24) is 9.97 Å². The molecule has 0 spiro atoms. The van der Waals surface area contributed by atoms with Crippen LogP contribution in [-0.4, -0.2) is 39.4 Å². The van der Waals surface area contributed by atoms with Crippen molar-refractivity contribution in [2.45, 2.75) is 37.8 Å². The first-order chi connectivity index (χ1) is 10.2. The number of nitrogens with zero attached hydrogens (tertiary/aromatic N) is 2. The first-order valence-electron chi connectivity index (χ1n) is 7.14. The Bertz CT molecular complexity index is 639. The Labute approximate surface area is 122 Å². The number of rotatable bonds is 3. The highest BCUT2D eigenvalue weighted by atomic mass is 16.5. The Morgan fingerprint density at radius 3 is 2.67 bits per heavy atom. The lowest BCUT2D eigenvalue weighted by atomic mass is 9.93. The molecule has 1 aromatic carbocycles. The highest BCUT2D eigenvalue weighted by Gasteiger charge is 2.19. The molecule has 112 valence electrons. The number of phenolic OH excluding ortho intramolecular Hbond substituents is 1. The number of aliphatic hydroxyl groups excluding tert-OH is 1. The van der Waals surface area contributed by atoms with Crippen LogP contribution in [0.5, 0.6) is 11.5 Å². The Hall–Kier alpha value is -2.08. The third-order valence-electron chi connectivity index (χ3n) is 3.89. The fraction of sp³-hybridized carbons (Fsp3) is 0.467. The van der Waals surface area contributed by atoms with Crippen molar-refractivity contribution in [3.63, 3.8) is 0 Å². The summed E-state index contributed by atoms with van der Waals surface area (Å²) in [6.07, 6.45) is 5.00. The molecule has 3 N–H and O–H groups in total. The van der Waals surface area contributed by atoms with Gasteiger partial charge in [0.15, 0.2) is 11.5 Å². The molecule has 1 fully saturated rings. The van der Waals surface area contributed by atoms with Crippen LogP contribution in [0.15, 0.2) is 18.3 Å². The lowest BCUT2D eigenvalue weighted by molar-refractivity contribution is 0.126. The van der Waals surface area contributed by atoms with Crippen LogP contribution in [-0.2, 0) is 0 Å². The van der Waals surface area contributed by atoms with Crippen molar-refractivity contribution in [3.8, 4) is 11.5 Å². The van der Waals surface area contributed by atoms with Crippen molar-refractivity contribution < 1.29 is 14.9 Å². The summed E-state index contributed by atoms with van der Waals surface area (Å²) in [6, 6.07) is 3.54. The van der Waals surface area contributed by atoms with Crippen LogP contribution in [0.1, 0.15) is 25.7 Å². The van der Waals surface area contributed by atoms with Gasteiger partial charge >= 0.3 is 0 Å². The number of methoxy groups -OCH3 is 1. The smallest absolute Gasteiger partial charge is 0.162 e. The highest BCUT2D eigenvalue weighted by Crippen LogP contribution is 2.30. The summed E-state index contributed by atoms with van der Waals surface area (Å²) in [5.74, 6) is 1.15. The van der Waals surface area contributed by atoms with E-state index in [-0.39, 0.29) is 11.9 Å². The number of benzene rings is 1. The number of hydrogen-bond acceptors (Lipinski definition) is 6. The van der Waals surface area contributed by atoms with Gasteiger partial charge in [0.1, 0.15) is 5.82 Å². The molecule has 0 bridgehead atoms. The molecule has 6 nitrogen and oxygen atoms in total. The second kappa shape index (κ2) is 5.73. The highest BCUT2D eigenvalue weighted by molar-refractivity contribution is 5.79. The Balaban J connectivity index is 1.81. The topological polar surface area (TPSA) is 87.5 Å². The van der Waals surface area contributed by atoms with Gasteiger partial charge in [-0.15, -0.1) is 0 Å². The Morgan fingerprint density at radius 1 is 1.19 bits per heavy atom. The quantitative estimate of drug-likeness (QED) is 0.801. The summed E-state index contributed by atoms with van der Waals surface area (Å²) in [5, 5.41) is 22.6. The molecule has 1 saturated carbocycles. The number of aromatic nitrogens is 2. The van der Waals surface area contributed by atoms with Crippen LogP contribution < -0.4 is 10.1 Å². The molecule has 0 radical (unpaired) electrons. The van der Waals surface area contributed by atoms with Gasteiger partial charge in [0, 0.05) is 18.2 Å². The third-order valence-corrected chi connectivity index (χ3v) is 3.89. The van der Waals surface area contributed by atoms with Crippen molar-refractivity contribution in [3.05, 3.63) is 18.3 Å². The Morgan fingerprint density at radius 2 is 1.95 bits per heavy atom. The van der Waals surface area contributed by atoms with Crippen molar-refractivity contribution >= 4 is 16.9 Å². The predicted molar refractivity (Wildman–Crippen MR) is 79.6 cm³/mol. The molecular weight excluding hydrogens is 270 g/mol. The van der Waals surface area contributed by atoms with Gasteiger partial charge in [-0.3, -0.25) is 4.98 Å². The molecular formula is C15H19N3O3. The monoisotopic (exact) mass is 289 g/mol. The van der Waals surface area contributed by atoms with E-state index in [4.69, 9.17) is 4.74 Å². The molecule has 3 rings (SSSR count). The zero-order chi connectivity index (χ0) is 14.8. The molecule has 1 aromatic heterocycles. The first-order valence-corrected chi connectivity index (χ1v) is 7.14. The van der Waals surface area contributed by atoms with Crippen LogP contribution in [0.25, 0.3) is 11.0 Å². The molecule has 21 heavy (non-hydrogen) atoms. The van der Waals surface area contributed by atoms with Gasteiger partial charge in [0.25, 0.3) is 0 Å². The van der Waals surface area contributed by atoms with Gasteiger partial charge in [-0.1, -0.05) is 0 Å². The summed E-state index contributed by atoms with van der Waals surface area (Å²) < 4.78 is 5.09. The minimum Gasteiger partial charge on any atom is -0.504 e. The van der Waals surface area contributed by atoms with Gasteiger partial charge in [0.2, 0.25) is 0 Å². The van der Waals surface area contributed by atoms with E-state index in [1.165, 1.54) is 7.11 Å². The van der Waals surface area contributed by atoms with E-state index < -0.39 is 0 Å². The Kier molecular flexibility index (Phi) is 3.79. The standard InChI is InChI=1S/C15H19N3O3/c1-21-14-7-12-11(6-13(14)20)16-8-15(18-12)17-9-2-4-10(19)5-3-9/h6-10,19-20H,2-5H2,1H3,(H,17,18). The number of fused-ring (bicyclic) bond motifs is 1. The van der Waals surface area contributed by atoms with Crippen LogP contribution >= 0.6 is 0 Å². The average molecular weight is 289 g/mol. The van der Waals surface area contributed by atoms with Crippen molar-refractivity contribution in [2.75, 3.05) is 12.4 Å². The molecule has 1 heterocycles. The zero-order valence-corrected chi connectivity index (χ0v) is 11.9. The summed E-state index contributed by atoms with van der Waals surface area (Å²) in [5.41, 5.74) is 1.29. The van der Waals surface area contributed by atoms with Crippen LogP contribution in [0.4, 0.5) is 5.82 Å². The van der Waals surface area contributed by atoms with Gasteiger partial charge in [-0.05, 0) is 25.7 Å². The van der Waals surface area contributed by atoms with Crippen molar-refractivity contribution in [1.29, 1.82) is 0 Å². The average Bonchev–Trinajstić information content (AvgIpc) is 2.49. The maximum absolute atomic E-state index is 9.73. The van der Waals surface area contributed by atoms with Crippen LogP contribution in [0.2, 0.25) is 0 Å². The predicted octanol–water partition coefficient (Wildman–Crippen LogP) is 2.06. The van der Waals surface area contributed by atoms with Gasteiger partial charge in [-0.25, -0.2) is 4.98 Å². The number of anilines is 1. The zero-order valence-electron chi connectivity index (χ0n) is 11.9. The molecule has 0 aliphatic heterocycles. The lowest BCUT2D eigenvalue weighted by Gasteiger charge is -2.26. The summed E-state index contributed by atoms with van der Waals surface area (Å²) in [6.45, 7) is 0. The molecule has 1 aliphatic carbocycles. The van der Waals surface area contributed by atoms with E-state index >= 15 is 0 Å². The number of phenols is 1. The van der Waals surface area contributed by atoms with Crippen molar-refractivity contribution in [2.24, 2.45) is 0 Å². The first kappa shape index (κ1) is 13.9. The van der Waals surface area contributed by atoms with Crippen LogP contribution in [0, 0.1) is 0 Å². The number of ether oxygens (including phenoxy) is 1. The molecule has 0 unspecified atom stereocenters. The van der Waals surface area contributed by atoms with E-state index in [0.29, 0.717) is 28.6 Å². The minimum absolute atomic E-state index is 0.0567. The summed E-state index contributed by atoms with van der Waals surface area (Å²) >= 11 is 0. The minimum atomic E-state index is -0.169. The van der Waals surface area contributed by atoms with E-state index in [9.17, 15) is 10.2 Å². The van der Waals surface area contributed by atoms with E-state index in [1.807, 2.05) is 0 Å². The van der Waals surface area contributed by atoms with Gasteiger partial charge < -0.3 is 20.3 Å². The summed E-state index contributed by atoms with van der Waals surface area (Å²) in [4.78, 5) is 8.82. The normalized spacial score (nSPS) is 22.2. The fourth-order valence-electron chi connectivity index (χ4n) is 2.69. The SMILES string of the molecule is COc1cc2nc(NC3CCC(O)CC3)cnc2cc1O. The molecule has 0 saturated heterocycles. The van der Waals surface area contributed by atoms with Gasteiger partial charge in [-0.2, -0.15) is 0 Å². The largest absolute Gasteiger partial charge is 0.504 e. The number of aromatic hydroxyl groups is 1. The van der Waals surface area contributed by atoms with Crippen LogP contribution in [0.3, 0.4) is 0 Å². The van der Waals surface area contributed by atoms with Gasteiger partial charge in [0.05, 0.1) is 30.4 Å². The fourth-order valence-corrected chi connectivity index (χ4v) is 2.69. The molecule has 0 amide bonds. The van der Waals surface area contributed by atoms with E-state index in [0.717, 1.165) is 25.7 Å².